The summed E-state index contributed by atoms with van der Waals surface area (Å²) >= 11 is 0. The topological polar surface area (TPSA) is 52.6 Å². The zero-order valence-electron chi connectivity index (χ0n) is 12.9. The molecular formula is C16H28O4. The van der Waals surface area contributed by atoms with Crippen LogP contribution in [0.3, 0.4) is 0 Å². The van der Waals surface area contributed by atoms with Crippen molar-refractivity contribution >= 4 is 11.9 Å². The van der Waals surface area contributed by atoms with Crippen LogP contribution in [0, 0.1) is 11.8 Å². The SMILES string of the molecule is CCOC(=O)C1CCCCCCCCC1C(=O)OCC. The van der Waals surface area contributed by atoms with E-state index in [1.54, 1.807) is 13.8 Å². The van der Waals surface area contributed by atoms with Crippen LogP contribution in [0.4, 0.5) is 0 Å². The van der Waals surface area contributed by atoms with E-state index in [0.29, 0.717) is 13.2 Å². The quantitative estimate of drug-likeness (QED) is 0.742. The van der Waals surface area contributed by atoms with Crippen LogP contribution in [0.2, 0.25) is 0 Å². The first-order valence-electron chi connectivity index (χ1n) is 8.04. The number of carbonyl (C=O) groups is 2. The molecule has 0 radical (unpaired) electrons. The van der Waals surface area contributed by atoms with Crippen molar-refractivity contribution in [2.24, 2.45) is 11.8 Å². The van der Waals surface area contributed by atoms with Gasteiger partial charge in [-0.25, -0.2) is 0 Å². The fourth-order valence-corrected chi connectivity index (χ4v) is 2.90. The summed E-state index contributed by atoms with van der Waals surface area (Å²) in [5.74, 6) is -1.11. The van der Waals surface area contributed by atoms with Crippen molar-refractivity contribution in [3.8, 4) is 0 Å². The first-order chi connectivity index (χ1) is 9.70. The number of carbonyl (C=O) groups excluding carboxylic acids is 2. The molecular weight excluding hydrogens is 256 g/mol. The summed E-state index contributed by atoms with van der Waals surface area (Å²) in [6, 6.07) is 0. The second-order valence-corrected chi connectivity index (χ2v) is 5.42. The van der Waals surface area contributed by atoms with Crippen molar-refractivity contribution in [2.45, 2.75) is 65.2 Å². The first-order valence-corrected chi connectivity index (χ1v) is 8.04. The molecule has 0 amide bonds. The van der Waals surface area contributed by atoms with Crippen LogP contribution >= 0.6 is 0 Å². The van der Waals surface area contributed by atoms with E-state index in [1.165, 1.54) is 12.8 Å². The third-order valence-corrected chi connectivity index (χ3v) is 3.94. The smallest absolute Gasteiger partial charge is 0.309 e. The predicted octanol–water partition coefficient (Wildman–Crippen LogP) is 3.48. The Balaban J connectivity index is 2.79. The van der Waals surface area contributed by atoms with Gasteiger partial charge in [0.1, 0.15) is 0 Å². The third kappa shape index (κ3) is 5.51. The van der Waals surface area contributed by atoms with E-state index < -0.39 is 0 Å². The van der Waals surface area contributed by atoms with Gasteiger partial charge in [-0.05, 0) is 26.7 Å². The predicted molar refractivity (Wildman–Crippen MR) is 77.2 cm³/mol. The van der Waals surface area contributed by atoms with Gasteiger partial charge in [0, 0.05) is 0 Å². The molecule has 0 heterocycles. The van der Waals surface area contributed by atoms with E-state index in [2.05, 4.69) is 0 Å². The number of hydrogen-bond acceptors (Lipinski definition) is 4. The molecule has 4 heteroatoms. The lowest BCUT2D eigenvalue weighted by molar-refractivity contribution is -0.161. The Kier molecular flexibility index (Phi) is 8.31. The Morgan fingerprint density at radius 3 is 1.45 bits per heavy atom. The molecule has 0 saturated heterocycles. The summed E-state index contributed by atoms with van der Waals surface area (Å²) in [7, 11) is 0. The maximum atomic E-state index is 12.2. The molecule has 0 bridgehead atoms. The molecule has 1 rings (SSSR count). The van der Waals surface area contributed by atoms with Gasteiger partial charge in [-0.2, -0.15) is 0 Å². The summed E-state index contributed by atoms with van der Waals surface area (Å²) in [5, 5.41) is 0. The Hall–Kier alpha value is -1.06. The van der Waals surface area contributed by atoms with Crippen LogP contribution < -0.4 is 0 Å². The Bertz CT molecular complexity index is 271. The maximum absolute atomic E-state index is 12.2. The minimum atomic E-state index is -0.327. The van der Waals surface area contributed by atoms with Gasteiger partial charge in [0.25, 0.3) is 0 Å². The highest BCUT2D eigenvalue weighted by Crippen LogP contribution is 2.29. The summed E-state index contributed by atoms with van der Waals surface area (Å²) < 4.78 is 10.3. The minimum absolute atomic E-state index is 0.230. The molecule has 116 valence electrons. The summed E-state index contributed by atoms with van der Waals surface area (Å²) in [6.45, 7) is 4.34. The lowest BCUT2D eigenvalue weighted by Gasteiger charge is -2.25. The van der Waals surface area contributed by atoms with E-state index in [0.717, 1.165) is 38.5 Å². The van der Waals surface area contributed by atoms with Gasteiger partial charge in [-0.1, -0.05) is 38.5 Å². The van der Waals surface area contributed by atoms with Crippen molar-refractivity contribution in [1.29, 1.82) is 0 Å². The highest BCUT2D eigenvalue weighted by atomic mass is 16.5. The van der Waals surface area contributed by atoms with E-state index in [4.69, 9.17) is 9.47 Å². The van der Waals surface area contributed by atoms with Gasteiger partial charge in [0.15, 0.2) is 0 Å². The highest BCUT2D eigenvalue weighted by Gasteiger charge is 2.35. The van der Waals surface area contributed by atoms with E-state index in [9.17, 15) is 9.59 Å². The molecule has 1 aliphatic carbocycles. The zero-order chi connectivity index (χ0) is 14.8. The molecule has 20 heavy (non-hydrogen) atoms. The zero-order valence-corrected chi connectivity index (χ0v) is 12.9. The van der Waals surface area contributed by atoms with Crippen LogP contribution in [0.1, 0.15) is 65.2 Å². The van der Waals surface area contributed by atoms with Crippen LogP contribution in [0.15, 0.2) is 0 Å². The molecule has 0 aromatic rings. The molecule has 1 saturated carbocycles. The fraction of sp³-hybridized carbons (Fsp3) is 0.875. The average Bonchev–Trinajstić information content (AvgIpc) is 2.44. The second-order valence-electron chi connectivity index (χ2n) is 5.42. The van der Waals surface area contributed by atoms with Crippen molar-refractivity contribution in [3.05, 3.63) is 0 Å². The summed E-state index contributed by atoms with van der Waals surface area (Å²) in [5.41, 5.74) is 0. The van der Waals surface area contributed by atoms with Gasteiger partial charge in [0.05, 0.1) is 25.0 Å². The van der Waals surface area contributed by atoms with Crippen LogP contribution in [0.5, 0.6) is 0 Å². The summed E-state index contributed by atoms with van der Waals surface area (Å²) in [4.78, 5) is 24.3. The minimum Gasteiger partial charge on any atom is -0.466 e. The number of esters is 2. The number of rotatable bonds is 4. The van der Waals surface area contributed by atoms with E-state index >= 15 is 0 Å². The van der Waals surface area contributed by atoms with Gasteiger partial charge >= 0.3 is 11.9 Å². The van der Waals surface area contributed by atoms with Crippen molar-refractivity contribution < 1.29 is 19.1 Å². The van der Waals surface area contributed by atoms with Gasteiger partial charge < -0.3 is 9.47 Å². The largest absolute Gasteiger partial charge is 0.466 e. The Morgan fingerprint density at radius 2 is 1.10 bits per heavy atom. The third-order valence-electron chi connectivity index (χ3n) is 3.94. The van der Waals surface area contributed by atoms with E-state index in [1.807, 2.05) is 0 Å². The van der Waals surface area contributed by atoms with Gasteiger partial charge in [0.2, 0.25) is 0 Å². The highest BCUT2D eigenvalue weighted by molar-refractivity contribution is 5.82. The van der Waals surface area contributed by atoms with Crippen LogP contribution in [-0.2, 0) is 19.1 Å². The summed E-state index contributed by atoms with van der Waals surface area (Å²) in [6.07, 6.45) is 8.15. The molecule has 0 spiro atoms. The second kappa shape index (κ2) is 9.78. The van der Waals surface area contributed by atoms with Gasteiger partial charge in [-0.3, -0.25) is 9.59 Å². The molecule has 0 N–H and O–H groups in total. The Morgan fingerprint density at radius 1 is 0.750 bits per heavy atom. The van der Waals surface area contributed by atoms with E-state index in [-0.39, 0.29) is 23.8 Å². The molecule has 0 aliphatic heterocycles. The maximum Gasteiger partial charge on any atom is 0.309 e. The number of ether oxygens (including phenoxy) is 2. The molecule has 1 aliphatic rings. The van der Waals surface area contributed by atoms with Gasteiger partial charge in [-0.15, -0.1) is 0 Å². The Labute approximate surface area is 122 Å². The number of hydrogen-bond donors (Lipinski definition) is 0. The fourth-order valence-electron chi connectivity index (χ4n) is 2.90. The normalized spacial score (nSPS) is 24.7. The molecule has 1 fully saturated rings. The lowest BCUT2D eigenvalue weighted by atomic mass is 9.82. The van der Waals surface area contributed by atoms with Crippen LogP contribution in [0.25, 0.3) is 0 Å². The van der Waals surface area contributed by atoms with Crippen LogP contribution in [-0.4, -0.2) is 25.2 Å². The molecule has 4 nitrogen and oxygen atoms in total. The van der Waals surface area contributed by atoms with Crippen molar-refractivity contribution in [1.82, 2.24) is 0 Å². The molecule has 2 unspecified atom stereocenters. The molecule has 0 aromatic heterocycles. The van der Waals surface area contributed by atoms with Crippen molar-refractivity contribution in [2.75, 3.05) is 13.2 Å². The van der Waals surface area contributed by atoms with Crippen molar-refractivity contribution in [3.63, 3.8) is 0 Å². The molecule has 2 atom stereocenters. The molecule has 0 aromatic carbocycles. The first kappa shape index (κ1) is 17.0. The average molecular weight is 284 g/mol. The standard InChI is InChI=1S/C16H28O4/c1-3-19-15(17)13-11-9-7-5-6-8-10-12-14(13)16(18)20-4-2/h13-14H,3-12H2,1-2H3. The lowest BCUT2D eigenvalue weighted by Crippen LogP contribution is -2.33. The monoisotopic (exact) mass is 284 g/mol.